The van der Waals surface area contributed by atoms with Gasteiger partial charge in [-0.3, -0.25) is 0 Å². The fourth-order valence-corrected chi connectivity index (χ4v) is 5.49. The van der Waals surface area contributed by atoms with E-state index in [0.717, 1.165) is 38.0 Å². The molecule has 0 unspecified atom stereocenters. The Balaban J connectivity index is 1.37. The van der Waals surface area contributed by atoms with Gasteiger partial charge in [-0.25, -0.2) is 0 Å². The summed E-state index contributed by atoms with van der Waals surface area (Å²) < 4.78 is 6.44. The zero-order valence-electron chi connectivity index (χ0n) is 18.1. The minimum absolute atomic E-state index is 0.0583. The van der Waals surface area contributed by atoms with Gasteiger partial charge in [-0.15, -0.1) is 0 Å². The van der Waals surface area contributed by atoms with Gasteiger partial charge in [-0.2, -0.15) is 0 Å². The molecule has 0 amide bonds. The Kier molecular flexibility index (Phi) is 5.95. The second-order valence-corrected chi connectivity index (χ2v) is 9.33. The van der Waals surface area contributed by atoms with E-state index < -0.39 is 0 Å². The second kappa shape index (κ2) is 9.01. The van der Waals surface area contributed by atoms with Gasteiger partial charge in [0.1, 0.15) is 5.75 Å². The Labute approximate surface area is 195 Å². The van der Waals surface area contributed by atoms with Crippen molar-refractivity contribution in [2.75, 3.05) is 0 Å². The number of hydrogen-bond donors (Lipinski definition) is 2. The molecule has 3 N–H and O–H groups in total. The van der Waals surface area contributed by atoms with Crippen molar-refractivity contribution in [1.82, 2.24) is 5.32 Å². The number of nitrogens with one attached hydrogen (secondary N) is 1. The van der Waals surface area contributed by atoms with Crippen LogP contribution >= 0.6 is 11.6 Å². The van der Waals surface area contributed by atoms with Crippen molar-refractivity contribution < 1.29 is 4.74 Å². The van der Waals surface area contributed by atoms with Crippen LogP contribution < -0.4 is 15.8 Å². The number of rotatable bonds is 5. The molecule has 4 heteroatoms. The third-order valence-corrected chi connectivity index (χ3v) is 7.38. The Hall–Kier alpha value is -2.75. The molecular weight excluding hydrogens is 416 g/mol. The van der Waals surface area contributed by atoms with Gasteiger partial charge in [0.25, 0.3) is 0 Å². The zero-order valence-corrected chi connectivity index (χ0v) is 18.9. The third kappa shape index (κ3) is 4.03. The number of nitrogens with two attached hydrogens (primary N) is 1. The first-order valence-electron chi connectivity index (χ1n) is 11.4. The van der Waals surface area contributed by atoms with Crippen LogP contribution in [0, 0.1) is 0 Å². The fourth-order valence-electron chi connectivity index (χ4n) is 5.26. The predicted octanol–water partition coefficient (Wildman–Crippen LogP) is 6.37. The molecule has 0 radical (unpaired) electrons. The highest BCUT2D eigenvalue weighted by atomic mass is 35.5. The van der Waals surface area contributed by atoms with E-state index in [9.17, 15) is 0 Å². The van der Waals surface area contributed by atoms with Gasteiger partial charge in [0.05, 0.1) is 11.1 Å². The summed E-state index contributed by atoms with van der Waals surface area (Å²) in [5.41, 5.74) is 11.7. The second-order valence-electron chi connectivity index (χ2n) is 8.92. The summed E-state index contributed by atoms with van der Waals surface area (Å²) in [5.74, 6) is 0.779. The Morgan fingerprint density at radius 2 is 1.66 bits per heavy atom. The van der Waals surface area contributed by atoms with E-state index in [0.29, 0.717) is 5.02 Å². The number of ether oxygens (including phenoxy) is 1. The van der Waals surface area contributed by atoms with Gasteiger partial charge in [-0.1, -0.05) is 72.3 Å². The van der Waals surface area contributed by atoms with Gasteiger partial charge in [0, 0.05) is 18.0 Å². The van der Waals surface area contributed by atoms with E-state index in [4.69, 9.17) is 22.1 Å². The van der Waals surface area contributed by atoms with E-state index in [2.05, 4.69) is 72.1 Å². The van der Waals surface area contributed by atoms with Crippen LogP contribution in [-0.2, 0) is 12.0 Å². The number of benzene rings is 3. The van der Waals surface area contributed by atoms with Crippen LogP contribution in [0.25, 0.3) is 6.08 Å². The Morgan fingerprint density at radius 3 is 2.38 bits per heavy atom. The van der Waals surface area contributed by atoms with Crippen LogP contribution in [-0.4, -0.2) is 6.10 Å². The van der Waals surface area contributed by atoms with E-state index in [1.54, 1.807) is 0 Å². The van der Waals surface area contributed by atoms with E-state index in [-0.39, 0.29) is 17.6 Å². The van der Waals surface area contributed by atoms with E-state index in [1.165, 1.54) is 22.3 Å². The summed E-state index contributed by atoms with van der Waals surface area (Å²) in [6.07, 6.45) is 8.02. The maximum absolute atomic E-state index is 6.96. The fraction of sp³-hybridized carbons (Fsp3) is 0.286. The van der Waals surface area contributed by atoms with Crippen LogP contribution in [0.4, 0.5) is 0 Å². The smallest absolute Gasteiger partial charge is 0.138 e. The molecule has 3 aromatic carbocycles. The SMILES string of the molecule is N[C@@H](c1ccccc1)C1(c2ccccc2)CCC(Oc2cc3c(cc2Cl)CNC=C3)CC1. The lowest BCUT2D eigenvalue weighted by atomic mass is 9.63. The summed E-state index contributed by atoms with van der Waals surface area (Å²) in [4.78, 5) is 0. The first-order valence-corrected chi connectivity index (χ1v) is 11.8. The minimum atomic E-state index is -0.101. The summed E-state index contributed by atoms with van der Waals surface area (Å²) in [6.45, 7) is 0.798. The lowest BCUT2D eigenvalue weighted by Gasteiger charge is -2.45. The van der Waals surface area contributed by atoms with Crippen molar-refractivity contribution in [2.24, 2.45) is 5.73 Å². The van der Waals surface area contributed by atoms with Gasteiger partial charge in [0.2, 0.25) is 0 Å². The van der Waals surface area contributed by atoms with Crippen molar-refractivity contribution in [3.8, 4) is 5.75 Å². The van der Waals surface area contributed by atoms with Crippen molar-refractivity contribution >= 4 is 17.7 Å². The quantitative estimate of drug-likeness (QED) is 0.480. The molecular formula is C28H29ClN2O. The van der Waals surface area contributed by atoms with Crippen molar-refractivity contribution in [3.63, 3.8) is 0 Å². The summed E-state index contributed by atoms with van der Waals surface area (Å²) in [6, 6.07) is 25.3. The molecule has 3 aromatic rings. The average Bonchev–Trinajstić information content (AvgIpc) is 2.86. The molecule has 1 fully saturated rings. The maximum atomic E-state index is 6.96. The van der Waals surface area contributed by atoms with Crippen LogP contribution in [0.5, 0.6) is 5.75 Å². The molecule has 164 valence electrons. The van der Waals surface area contributed by atoms with Crippen molar-refractivity contribution in [2.45, 2.75) is 49.8 Å². The normalized spacial score (nSPS) is 23.1. The topological polar surface area (TPSA) is 47.3 Å². The number of fused-ring (bicyclic) bond motifs is 1. The van der Waals surface area contributed by atoms with Crippen molar-refractivity contribution in [3.05, 3.63) is 106 Å². The van der Waals surface area contributed by atoms with E-state index >= 15 is 0 Å². The first kappa shape index (κ1) is 21.1. The molecule has 0 aromatic heterocycles. The summed E-state index contributed by atoms with van der Waals surface area (Å²) in [7, 11) is 0. The highest BCUT2D eigenvalue weighted by molar-refractivity contribution is 6.32. The molecule has 0 saturated heterocycles. The molecule has 32 heavy (non-hydrogen) atoms. The lowest BCUT2D eigenvalue weighted by molar-refractivity contribution is 0.104. The highest BCUT2D eigenvalue weighted by Gasteiger charge is 2.43. The molecule has 3 nitrogen and oxygen atoms in total. The number of hydrogen-bond acceptors (Lipinski definition) is 3. The average molecular weight is 445 g/mol. The monoisotopic (exact) mass is 444 g/mol. The molecule has 5 rings (SSSR count). The summed E-state index contributed by atoms with van der Waals surface area (Å²) in [5, 5.41) is 3.91. The first-order chi connectivity index (χ1) is 15.7. The van der Waals surface area contributed by atoms with Crippen LogP contribution in [0.3, 0.4) is 0 Å². The third-order valence-electron chi connectivity index (χ3n) is 7.09. The van der Waals surface area contributed by atoms with Gasteiger partial charge >= 0.3 is 0 Å². The minimum Gasteiger partial charge on any atom is -0.489 e. The van der Waals surface area contributed by atoms with Crippen LogP contribution in [0.15, 0.2) is 79.0 Å². The van der Waals surface area contributed by atoms with Crippen molar-refractivity contribution in [1.29, 1.82) is 0 Å². The lowest BCUT2D eigenvalue weighted by Crippen LogP contribution is -2.43. The van der Waals surface area contributed by atoms with Gasteiger partial charge < -0.3 is 15.8 Å². The zero-order chi connectivity index (χ0) is 22.0. The number of halogens is 1. The van der Waals surface area contributed by atoms with Crippen LogP contribution in [0.1, 0.15) is 54.0 Å². The highest BCUT2D eigenvalue weighted by Crippen LogP contribution is 2.48. The maximum Gasteiger partial charge on any atom is 0.138 e. The molecule has 1 heterocycles. The van der Waals surface area contributed by atoms with E-state index in [1.807, 2.05) is 18.3 Å². The molecule has 0 spiro atoms. The molecule has 1 saturated carbocycles. The largest absolute Gasteiger partial charge is 0.489 e. The molecule has 1 atom stereocenters. The molecule has 1 aliphatic heterocycles. The molecule has 0 bridgehead atoms. The van der Waals surface area contributed by atoms with Crippen LogP contribution in [0.2, 0.25) is 5.02 Å². The summed E-state index contributed by atoms with van der Waals surface area (Å²) >= 11 is 6.57. The Morgan fingerprint density at radius 1 is 0.969 bits per heavy atom. The Bertz CT molecular complexity index is 1090. The standard InChI is InChI=1S/C28H29ClN2O/c29-25-17-22-19-31-16-13-21(22)18-26(25)32-24-11-14-28(15-12-24,23-9-5-2-6-10-23)27(30)20-7-3-1-4-8-20/h1-10,13,16-18,24,27,31H,11-12,14-15,19,30H2/t24?,27-,28?/m0/s1. The molecule has 1 aliphatic carbocycles. The van der Waals surface area contributed by atoms with Gasteiger partial charge in [0.15, 0.2) is 0 Å². The van der Waals surface area contributed by atoms with Gasteiger partial charge in [-0.05, 0) is 72.3 Å². The predicted molar refractivity (Wildman–Crippen MR) is 132 cm³/mol. The molecule has 2 aliphatic rings.